The molecular formula is C24H23ClN6O2. The fraction of sp³-hybridized carbons (Fsp3) is 0.292. The van der Waals surface area contributed by atoms with Crippen molar-refractivity contribution in [3.8, 4) is 22.4 Å². The smallest absolute Gasteiger partial charge is 0.260 e. The van der Waals surface area contributed by atoms with E-state index in [1.807, 2.05) is 39.0 Å². The standard InChI is InChI=1S/C24H23ClN6O2/c1-4-31-21-16(10-27-23(29-21)30-24(3)12-33-13-24)7-18(22(31)32)17-6-5-15(8-19(17)25)20-11-26-9-14(2)28-20/h5-11H,4,12-13H2,1-3H3,(H,27,29,30). The van der Waals surface area contributed by atoms with Crippen LogP contribution in [0.4, 0.5) is 5.95 Å². The van der Waals surface area contributed by atoms with E-state index < -0.39 is 0 Å². The molecule has 0 saturated carbocycles. The van der Waals surface area contributed by atoms with E-state index in [1.54, 1.807) is 29.2 Å². The number of nitrogens with zero attached hydrogens (tertiary/aromatic N) is 5. The van der Waals surface area contributed by atoms with Gasteiger partial charge in [-0.1, -0.05) is 23.7 Å². The second kappa shape index (κ2) is 8.20. The topological polar surface area (TPSA) is 94.8 Å². The number of hydrogen-bond acceptors (Lipinski definition) is 7. The Morgan fingerprint density at radius 1 is 1.15 bits per heavy atom. The van der Waals surface area contributed by atoms with E-state index in [1.165, 1.54) is 0 Å². The molecule has 1 fully saturated rings. The monoisotopic (exact) mass is 462 g/mol. The van der Waals surface area contributed by atoms with Crippen LogP contribution in [0, 0.1) is 6.92 Å². The maximum atomic E-state index is 13.4. The van der Waals surface area contributed by atoms with E-state index in [4.69, 9.17) is 16.3 Å². The molecule has 0 amide bonds. The van der Waals surface area contributed by atoms with Gasteiger partial charge >= 0.3 is 0 Å². The summed E-state index contributed by atoms with van der Waals surface area (Å²) in [6.45, 7) is 7.51. The predicted molar refractivity (Wildman–Crippen MR) is 129 cm³/mol. The van der Waals surface area contributed by atoms with Crippen LogP contribution in [0.1, 0.15) is 19.5 Å². The molecule has 4 aromatic rings. The van der Waals surface area contributed by atoms with Gasteiger partial charge in [-0.25, -0.2) is 9.97 Å². The number of nitrogens with one attached hydrogen (secondary N) is 1. The van der Waals surface area contributed by atoms with Gasteiger partial charge in [0.2, 0.25) is 5.95 Å². The molecule has 9 heteroatoms. The van der Waals surface area contributed by atoms with Gasteiger partial charge in [0.15, 0.2) is 0 Å². The molecule has 5 rings (SSSR count). The summed E-state index contributed by atoms with van der Waals surface area (Å²) in [4.78, 5) is 31.2. The molecule has 168 valence electrons. The van der Waals surface area contributed by atoms with Crippen molar-refractivity contribution in [2.24, 2.45) is 0 Å². The average Bonchev–Trinajstić information content (AvgIpc) is 2.78. The normalized spacial score (nSPS) is 14.8. The molecule has 4 heterocycles. The van der Waals surface area contributed by atoms with Crippen LogP contribution in [0.25, 0.3) is 33.4 Å². The first kappa shape index (κ1) is 21.5. The van der Waals surface area contributed by atoms with Crippen LogP contribution in [0.15, 0.2) is 47.7 Å². The number of pyridine rings is 1. The van der Waals surface area contributed by atoms with E-state index in [0.29, 0.717) is 47.5 Å². The van der Waals surface area contributed by atoms with Gasteiger partial charge in [-0.3, -0.25) is 14.3 Å². The average molecular weight is 463 g/mol. The molecule has 1 aliphatic rings. The Kier molecular flexibility index (Phi) is 5.34. The summed E-state index contributed by atoms with van der Waals surface area (Å²) in [6, 6.07) is 7.36. The fourth-order valence-electron chi connectivity index (χ4n) is 3.95. The molecular weight excluding hydrogens is 440 g/mol. The van der Waals surface area contributed by atoms with Crippen molar-refractivity contribution in [1.29, 1.82) is 0 Å². The van der Waals surface area contributed by atoms with E-state index in [2.05, 4.69) is 25.3 Å². The first-order valence-corrected chi connectivity index (χ1v) is 11.1. The Morgan fingerprint density at radius 2 is 1.97 bits per heavy atom. The molecule has 1 saturated heterocycles. The minimum Gasteiger partial charge on any atom is -0.376 e. The summed E-state index contributed by atoms with van der Waals surface area (Å²) in [6.07, 6.45) is 5.12. The zero-order valence-corrected chi connectivity index (χ0v) is 19.3. The van der Waals surface area contributed by atoms with Crippen LogP contribution in [0.2, 0.25) is 5.02 Å². The first-order valence-electron chi connectivity index (χ1n) is 10.7. The summed E-state index contributed by atoms with van der Waals surface area (Å²) in [5, 5.41) is 4.53. The molecule has 0 atom stereocenters. The van der Waals surface area contributed by atoms with Crippen molar-refractivity contribution in [1.82, 2.24) is 24.5 Å². The zero-order valence-electron chi connectivity index (χ0n) is 18.6. The number of aryl methyl sites for hydroxylation is 2. The maximum absolute atomic E-state index is 13.4. The highest BCUT2D eigenvalue weighted by molar-refractivity contribution is 6.33. The van der Waals surface area contributed by atoms with Crippen molar-refractivity contribution in [3.05, 3.63) is 63.9 Å². The number of ether oxygens (including phenoxy) is 1. The predicted octanol–water partition coefficient (Wildman–Crippen LogP) is 4.10. The van der Waals surface area contributed by atoms with Crippen molar-refractivity contribution >= 4 is 28.6 Å². The van der Waals surface area contributed by atoms with Crippen LogP contribution in [0.3, 0.4) is 0 Å². The third-order valence-electron chi connectivity index (χ3n) is 5.71. The van der Waals surface area contributed by atoms with Gasteiger partial charge in [0.05, 0.1) is 36.3 Å². The van der Waals surface area contributed by atoms with Crippen molar-refractivity contribution in [2.45, 2.75) is 32.9 Å². The Bertz CT molecular complexity index is 1430. The number of hydrogen-bond donors (Lipinski definition) is 1. The fourth-order valence-corrected chi connectivity index (χ4v) is 4.23. The number of aromatic nitrogens is 5. The molecule has 0 bridgehead atoms. The summed E-state index contributed by atoms with van der Waals surface area (Å²) >= 11 is 6.64. The van der Waals surface area contributed by atoms with E-state index >= 15 is 0 Å². The molecule has 1 aliphatic heterocycles. The van der Waals surface area contributed by atoms with Gasteiger partial charge in [0, 0.05) is 46.0 Å². The van der Waals surface area contributed by atoms with Gasteiger partial charge in [0.1, 0.15) is 5.65 Å². The van der Waals surface area contributed by atoms with Crippen molar-refractivity contribution in [2.75, 3.05) is 18.5 Å². The Morgan fingerprint density at radius 3 is 2.64 bits per heavy atom. The van der Waals surface area contributed by atoms with Crippen LogP contribution in [-0.4, -0.2) is 43.3 Å². The Hall–Kier alpha value is -3.36. The number of benzene rings is 1. The summed E-state index contributed by atoms with van der Waals surface area (Å²) in [5.41, 5.74) is 3.77. The SMILES string of the molecule is CCn1c(=O)c(-c2ccc(-c3cncc(C)n3)cc2Cl)cc2cnc(NC3(C)COC3)nc21. The van der Waals surface area contributed by atoms with E-state index in [-0.39, 0.29) is 11.1 Å². The lowest BCUT2D eigenvalue weighted by Gasteiger charge is -2.38. The van der Waals surface area contributed by atoms with Crippen LogP contribution in [0.5, 0.6) is 0 Å². The molecule has 8 nitrogen and oxygen atoms in total. The van der Waals surface area contributed by atoms with Gasteiger partial charge in [-0.15, -0.1) is 0 Å². The van der Waals surface area contributed by atoms with Crippen LogP contribution >= 0.6 is 11.6 Å². The molecule has 3 aromatic heterocycles. The van der Waals surface area contributed by atoms with E-state index in [9.17, 15) is 4.79 Å². The summed E-state index contributed by atoms with van der Waals surface area (Å²) < 4.78 is 6.93. The number of anilines is 1. The minimum atomic E-state index is -0.193. The van der Waals surface area contributed by atoms with Gasteiger partial charge in [0.25, 0.3) is 5.56 Å². The van der Waals surface area contributed by atoms with Crippen LogP contribution < -0.4 is 10.9 Å². The van der Waals surface area contributed by atoms with Gasteiger partial charge in [-0.2, -0.15) is 4.98 Å². The molecule has 0 radical (unpaired) electrons. The maximum Gasteiger partial charge on any atom is 0.260 e. The number of fused-ring (bicyclic) bond motifs is 1. The van der Waals surface area contributed by atoms with E-state index in [0.717, 1.165) is 22.3 Å². The highest BCUT2D eigenvalue weighted by Gasteiger charge is 2.34. The zero-order chi connectivity index (χ0) is 23.2. The van der Waals surface area contributed by atoms with Crippen LogP contribution in [-0.2, 0) is 11.3 Å². The quantitative estimate of drug-likeness (QED) is 0.477. The number of rotatable bonds is 5. The molecule has 33 heavy (non-hydrogen) atoms. The largest absolute Gasteiger partial charge is 0.376 e. The lowest BCUT2D eigenvalue weighted by Crippen LogP contribution is -2.53. The lowest BCUT2D eigenvalue weighted by atomic mass is 10.0. The molecule has 0 spiro atoms. The molecule has 0 aliphatic carbocycles. The van der Waals surface area contributed by atoms with Gasteiger partial charge < -0.3 is 10.1 Å². The lowest BCUT2D eigenvalue weighted by molar-refractivity contribution is -0.0322. The third kappa shape index (κ3) is 3.96. The van der Waals surface area contributed by atoms with Crippen molar-refractivity contribution < 1.29 is 4.74 Å². The summed E-state index contributed by atoms with van der Waals surface area (Å²) in [5.74, 6) is 0.476. The highest BCUT2D eigenvalue weighted by atomic mass is 35.5. The Balaban J connectivity index is 1.58. The number of halogens is 1. The molecule has 0 unspecified atom stereocenters. The Labute approximate surface area is 195 Å². The highest BCUT2D eigenvalue weighted by Crippen LogP contribution is 2.31. The minimum absolute atomic E-state index is 0.155. The second-order valence-corrected chi connectivity index (χ2v) is 8.91. The summed E-state index contributed by atoms with van der Waals surface area (Å²) in [7, 11) is 0. The van der Waals surface area contributed by atoms with Gasteiger partial charge in [-0.05, 0) is 32.9 Å². The third-order valence-corrected chi connectivity index (χ3v) is 6.02. The second-order valence-electron chi connectivity index (χ2n) is 8.50. The van der Waals surface area contributed by atoms with Crippen molar-refractivity contribution in [3.63, 3.8) is 0 Å². The molecule has 1 N–H and O–H groups in total. The molecule has 1 aromatic carbocycles. The first-order chi connectivity index (χ1) is 15.9.